The van der Waals surface area contributed by atoms with E-state index in [1.54, 1.807) is 4.90 Å². The fraction of sp³-hybridized carbons (Fsp3) is 0.562. The summed E-state index contributed by atoms with van der Waals surface area (Å²) in [7, 11) is -4.89. The van der Waals surface area contributed by atoms with Crippen molar-refractivity contribution in [1.82, 2.24) is 9.62 Å². The van der Waals surface area contributed by atoms with Gasteiger partial charge >= 0.3 is 0 Å². The summed E-state index contributed by atoms with van der Waals surface area (Å²) in [5.41, 5.74) is 0.0947. The maximum absolute atomic E-state index is 12.5. The summed E-state index contributed by atoms with van der Waals surface area (Å²) in [5.74, 6) is 0.0626. The summed E-state index contributed by atoms with van der Waals surface area (Å²) < 4.78 is 62.3. The number of morpholine rings is 1. The molecule has 10 nitrogen and oxygen atoms in total. The van der Waals surface area contributed by atoms with Gasteiger partial charge in [-0.05, 0) is 18.2 Å². The van der Waals surface area contributed by atoms with E-state index in [0.717, 1.165) is 10.6 Å². The molecule has 1 aliphatic heterocycles. The standard InChI is InChI=1S/C16H25N3O7S2/c1-18(27(3,21)22)14-12-13(4-5-15(14)25-2)28(23,24)17-7-6-16(20)19-8-10-26-11-9-19/h4-5,12,17H,6-11H2,1-3H3. The number of benzene rings is 1. The number of amides is 1. The Bertz CT molecular complexity index is 910. The van der Waals surface area contributed by atoms with Gasteiger partial charge in [0, 0.05) is 33.1 Å². The van der Waals surface area contributed by atoms with Crippen LogP contribution in [0.3, 0.4) is 0 Å². The average molecular weight is 436 g/mol. The van der Waals surface area contributed by atoms with Crippen LogP contribution >= 0.6 is 0 Å². The highest BCUT2D eigenvalue weighted by Crippen LogP contribution is 2.31. The van der Waals surface area contributed by atoms with E-state index >= 15 is 0 Å². The molecule has 12 heteroatoms. The van der Waals surface area contributed by atoms with E-state index in [2.05, 4.69) is 4.72 Å². The number of carbonyl (C=O) groups excluding carboxylic acids is 1. The summed E-state index contributed by atoms with van der Waals surface area (Å²) in [5, 5.41) is 0. The maximum atomic E-state index is 12.5. The third-order valence-corrected chi connectivity index (χ3v) is 6.94. The Morgan fingerprint density at radius 1 is 1.25 bits per heavy atom. The normalized spacial score (nSPS) is 15.3. The van der Waals surface area contributed by atoms with Crippen LogP contribution in [0.1, 0.15) is 6.42 Å². The van der Waals surface area contributed by atoms with Crippen LogP contribution in [-0.4, -0.2) is 80.9 Å². The molecule has 1 fully saturated rings. The quantitative estimate of drug-likeness (QED) is 0.590. The van der Waals surface area contributed by atoms with E-state index < -0.39 is 20.0 Å². The van der Waals surface area contributed by atoms with Crippen molar-refractivity contribution in [3.8, 4) is 5.75 Å². The predicted molar refractivity (Wildman–Crippen MR) is 103 cm³/mol. The molecule has 0 bridgehead atoms. The van der Waals surface area contributed by atoms with Gasteiger partial charge in [0.1, 0.15) is 5.75 Å². The van der Waals surface area contributed by atoms with Crippen molar-refractivity contribution in [3.05, 3.63) is 18.2 Å². The summed E-state index contributed by atoms with van der Waals surface area (Å²) in [4.78, 5) is 13.6. The number of ether oxygens (including phenoxy) is 2. The van der Waals surface area contributed by atoms with Gasteiger partial charge < -0.3 is 14.4 Å². The minimum atomic E-state index is -3.94. The largest absolute Gasteiger partial charge is 0.495 e. The van der Waals surface area contributed by atoms with Crippen LogP contribution in [0.5, 0.6) is 5.75 Å². The number of sulfonamides is 2. The maximum Gasteiger partial charge on any atom is 0.240 e. The van der Waals surface area contributed by atoms with Gasteiger partial charge in [-0.15, -0.1) is 0 Å². The molecule has 1 amide bonds. The van der Waals surface area contributed by atoms with Crippen LogP contribution in [0.4, 0.5) is 5.69 Å². The summed E-state index contributed by atoms with van der Waals surface area (Å²) in [6, 6.07) is 3.90. The second-order valence-corrected chi connectivity index (χ2v) is 9.99. The van der Waals surface area contributed by atoms with Crippen molar-refractivity contribution in [1.29, 1.82) is 0 Å². The first kappa shape index (κ1) is 22.4. The number of nitrogens with one attached hydrogen (secondary N) is 1. The molecule has 0 unspecified atom stereocenters. The molecule has 0 atom stereocenters. The molecule has 1 N–H and O–H groups in total. The minimum absolute atomic E-state index is 0.0193. The summed E-state index contributed by atoms with van der Waals surface area (Å²) >= 11 is 0. The van der Waals surface area contributed by atoms with E-state index in [1.165, 1.54) is 32.4 Å². The lowest BCUT2D eigenvalue weighted by molar-refractivity contribution is -0.135. The Hall–Kier alpha value is -1.89. The third-order valence-electron chi connectivity index (χ3n) is 4.29. The molecular formula is C16H25N3O7S2. The molecule has 1 aromatic carbocycles. The highest BCUT2D eigenvalue weighted by atomic mass is 32.2. The number of rotatable bonds is 8. The highest BCUT2D eigenvalue weighted by Gasteiger charge is 2.22. The van der Waals surface area contributed by atoms with Crippen LogP contribution in [0, 0.1) is 0 Å². The van der Waals surface area contributed by atoms with Crippen molar-refractivity contribution >= 4 is 31.6 Å². The van der Waals surface area contributed by atoms with Gasteiger partial charge in [0.25, 0.3) is 0 Å². The molecule has 1 aliphatic rings. The Balaban J connectivity index is 2.11. The number of nitrogens with zero attached hydrogens (tertiary/aromatic N) is 2. The van der Waals surface area contributed by atoms with Gasteiger partial charge in [-0.2, -0.15) is 0 Å². The average Bonchev–Trinajstić information content (AvgIpc) is 2.66. The molecule has 1 aromatic rings. The molecule has 1 saturated heterocycles. The van der Waals surface area contributed by atoms with Crippen molar-refractivity contribution < 1.29 is 31.1 Å². The molecule has 28 heavy (non-hydrogen) atoms. The molecule has 1 heterocycles. The molecule has 0 aliphatic carbocycles. The first-order chi connectivity index (χ1) is 13.1. The molecule has 158 valence electrons. The number of carbonyl (C=O) groups is 1. The summed E-state index contributed by atoms with van der Waals surface area (Å²) in [6.07, 6.45) is 1.02. The second kappa shape index (κ2) is 9.07. The van der Waals surface area contributed by atoms with Crippen LogP contribution in [0.2, 0.25) is 0 Å². The first-order valence-electron chi connectivity index (χ1n) is 8.53. The smallest absolute Gasteiger partial charge is 0.240 e. The zero-order valence-corrected chi connectivity index (χ0v) is 17.7. The Morgan fingerprint density at radius 3 is 2.46 bits per heavy atom. The number of anilines is 1. The molecular weight excluding hydrogens is 410 g/mol. The molecule has 2 rings (SSSR count). The van der Waals surface area contributed by atoms with Gasteiger partial charge in [0.2, 0.25) is 26.0 Å². The molecule has 0 radical (unpaired) electrons. The number of hydrogen-bond acceptors (Lipinski definition) is 7. The number of methoxy groups -OCH3 is 1. The van der Waals surface area contributed by atoms with E-state index in [-0.39, 0.29) is 35.2 Å². The second-order valence-electron chi connectivity index (χ2n) is 6.21. The van der Waals surface area contributed by atoms with Gasteiger partial charge in [0.15, 0.2) is 0 Å². The Kier molecular flexibility index (Phi) is 7.26. The first-order valence-corrected chi connectivity index (χ1v) is 11.9. The topological polar surface area (TPSA) is 122 Å². The molecule has 0 saturated carbocycles. The van der Waals surface area contributed by atoms with E-state index in [0.29, 0.717) is 26.3 Å². The highest BCUT2D eigenvalue weighted by molar-refractivity contribution is 7.92. The zero-order valence-electron chi connectivity index (χ0n) is 16.0. The van der Waals surface area contributed by atoms with Gasteiger partial charge in [-0.3, -0.25) is 9.10 Å². The predicted octanol–water partition coefficient (Wildman–Crippen LogP) is -0.382. The van der Waals surface area contributed by atoms with Crippen molar-refractivity contribution in [3.63, 3.8) is 0 Å². The van der Waals surface area contributed by atoms with Gasteiger partial charge in [-0.25, -0.2) is 21.6 Å². The van der Waals surface area contributed by atoms with Gasteiger partial charge in [-0.1, -0.05) is 0 Å². The van der Waals surface area contributed by atoms with Crippen molar-refractivity contribution in [2.75, 3.05) is 57.6 Å². The van der Waals surface area contributed by atoms with E-state index in [1.807, 2.05) is 0 Å². The van der Waals surface area contributed by atoms with Crippen molar-refractivity contribution in [2.24, 2.45) is 0 Å². The minimum Gasteiger partial charge on any atom is -0.495 e. The molecule has 0 spiro atoms. The van der Waals surface area contributed by atoms with Crippen LogP contribution < -0.4 is 13.8 Å². The Labute approximate surface area is 165 Å². The lowest BCUT2D eigenvalue weighted by Crippen LogP contribution is -2.42. The van der Waals surface area contributed by atoms with E-state index in [9.17, 15) is 21.6 Å². The zero-order chi connectivity index (χ0) is 20.9. The SMILES string of the molecule is COc1ccc(S(=O)(=O)NCCC(=O)N2CCOCC2)cc1N(C)S(C)(=O)=O. The van der Waals surface area contributed by atoms with E-state index in [4.69, 9.17) is 9.47 Å². The monoisotopic (exact) mass is 435 g/mol. The summed E-state index contributed by atoms with van der Waals surface area (Å²) in [6.45, 7) is 1.86. The fourth-order valence-corrected chi connectivity index (χ4v) is 4.16. The van der Waals surface area contributed by atoms with Gasteiger partial charge in [0.05, 0.1) is 37.2 Å². The van der Waals surface area contributed by atoms with Crippen molar-refractivity contribution in [2.45, 2.75) is 11.3 Å². The van der Waals surface area contributed by atoms with Crippen LogP contribution in [-0.2, 0) is 29.6 Å². The lowest BCUT2D eigenvalue weighted by Gasteiger charge is -2.26. The van der Waals surface area contributed by atoms with Crippen LogP contribution in [0.25, 0.3) is 0 Å². The third kappa shape index (κ3) is 5.56. The fourth-order valence-electron chi connectivity index (χ4n) is 2.61. The van der Waals surface area contributed by atoms with Crippen LogP contribution in [0.15, 0.2) is 23.1 Å². The molecule has 0 aromatic heterocycles. The number of hydrogen-bond donors (Lipinski definition) is 1. The Morgan fingerprint density at radius 2 is 1.89 bits per heavy atom. The lowest BCUT2D eigenvalue weighted by atomic mass is 10.3.